The quantitative estimate of drug-likeness (QED) is 0.883. The fourth-order valence-electron chi connectivity index (χ4n) is 2.69. The number of aromatic nitrogens is 1. The minimum atomic E-state index is -0.377. The average Bonchev–Trinajstić information content (AvgIpc) is 2.83. The Kier molecular flexibility index (Phi) is 4.84. The lowest BCUT2D eigenvalue weighted by atomic mass is 10.0. The summed E-state index contributed by atoms with van der Waals surface area (Å²) < 4.78 is 7.30. The number of nitrogens with zero attached hydrogens (tertiary/aromatic N) is 3. The van der Waals surface area contributed by atoms with Crippen molar-refractivity contribution in [1.82, 2.24) is 9.47 Å². The number of nitriles is 1. The van der Waals surface area contributed by atoms with Crippen LogP contribution in [0.4, 0.5) is 0 Å². The van der Waals surface area contributed by atoms with E-state index in [4.69, 9.17) is 4.74 Å². The molecule has 0 bridgehead atoms. The molecule has 2 rings (SSSR count). The smallest absolute Gasteiger partial charge is 0.126 e. The Labute approximate surface area is 125 Å². The van der Waals surface area contributed by atoms with E-state index >= 15 is 0 Å². The first-order chi connectivity index (χ1) is 10.2. The summed E-state index contributed by atoms with van der Waals surface area (Å²) in [4.78, 5) is 1.97. The number of rotatable bonds is 6. The molecule has 5 nitrogen and oxygen atoms in total. The van der Waals surface area contributed by atoms with Crippen LogP contribution in [-0.4, -0.2) is 41.4 Å². The summed E-state index contributed by atoms with van der Waals surface area (Å²) in [6.07, 6.45) is 1.98. The van der Waals surface area contributed by atoms with Gasteiger partial charge in [-0.15, -0.1) is 0 Å². The van der Waals surface area contributed by atoms with Crippen LogP contribution in [-0.2, 0) is 7.05 Å². The third kappa shape index (κ3) is 2.87. The molecule has 0 saturated carbocycles. The fourth-order valence-corrected chi connectivity index (χ4v) is 2.69. The lowest BCUT2D eigenvalue weighted by Gasteiger charge is -2.24. The number of methoxy groups -OCH3 is 1. The largest absolute Gasteiger partial charge is 0.497 e. The summed E-state index contributed by atoms with van der Waals surface area (Å²) in [5.41, 5.74) is 2.01. The van der Waals surface area contributed by atoms with Crippen molar-refractivity contribution in [3.05, 3.63) is 30.0 Å². The second-order valence-corrected chi connectivity index (χ2v) is 4.96. The molecule has 112 valence electrons. The summed E-state index contributed by atoms with van der Waals surface area (Å²) in [5.74, 6) is 0.775. The molecule has 1 N–H and O–H groups in total. The first-order valence-electron chi connectivity index (χ1n) is 7.03. The molecule has 0 fully saturated rings. The fraction of sp³-hybridized carbons (Fsp3) is 0.438. The summed E-state index contributed by atoms with van der Waals surface area (Å²) in [5, 5.41) is 19.8. The third-order valence-electron chi connectivity index (χ3n) is 3.80. The molecule has 1 atom stereocenters. The summed E-state index contributed by atoms with van der Waals surface area (Å²) in [6.45, 7) is 3.22. The van der Waals surface area contributed by atoms with Crippen molar-refractivity contribution in [1.29, 1.82) is 5.26 Å². The molecule has 2 aromatic rings. The highest BCUT2D eigenvalue weighted by molar-refractivity contribution is 5.86. The molecule has 1 heterocycles. The number of hydrogen-bond acceptors (Lipinski definition) is 4. The van der Waals surface area contributed by atoms with E-state index in [9.17, 15) is 10.4 Å². The standard InChI is InChI=1S/C16H21N3O2/c1-4-19(7-8-20)16(10-17)14-11-18(2)15-6-5-12(21-3)9-13(14)15/h5-6,9,11,16,20H,4,7-8H2,1-3H3. The van der Waals surface area contributed by atoms with Gasteiger partial charge < -0.3 is 14.4 Å². The van der Waals surface area contributed by atoms with Crippen molar-refractivity contribution in [2.24, 2.45) is 7.05 Å². The number of aryl methyl sites for hydroxylation is 1. The average molecular weight is 287 g/mol. The van der Waals surface area contributed by atoms with E-state index in [0.717, 1.165) is 22.2 Å². The van der Waals surface area contributed by atoms with E-state index in [1.165, 1.54) is 0 Å². The molecule has 0 spiro atoms. The maximum Gasteiger partial charge on any atom is 0.126 e. The van der Waals surface area contributed by atoms with E-state index in [2.05, 4.69) is 6.07 Å². The van der Waals surface area contributed by atoms with Crippen molar-refractivity contribution in [2.75, 3.05) is 26.8 Å². The minimum absolute atomic E-state index is 0.0418. The molecular formula is C16H21N3O2. The van der Waals surface area contributed by atoms with Crippen LogP contribution in [0.5, 0.6) is 5.75 Å². The Hall–Kier alpha value is -2.03. The van der Waals surface area contributed by atoms with Crippen LogP contribution in [0, 0.1) is 11.3 Å². The molecule has 0 aliphatic rings. The summed E-state index contributed by atoms with van der Waals surface area (Å²) >= 11 is 0. The highest BCUT2D eigenvalue weighted by Gasteiger charge is 2.22. The second-order valence-electron chi connectivity index (χ2n) is 4.96. The highest BCUT2D eigenvalue weighted by Crippen LogP contribution is 2.31. The maximum atomic E-state index is 9.59. The zero-order valence-corrected chi connectivity index (χ0v) is 12.7. The number of hydrogen-bond donors (Lipinski definition) is 1. The molecule has 0 radical (unpaired) electrons. The first-order valence-corrected chi connectivity index (χ1v) is 7.03. The Balaban J connectivity index is 2.55. The Morgan fingerprint density at radius 2 is 2.24 bits per heavy atom. The van der Waals surface area contributed by atoms with Crippen molar-refractivity contribution in [3.63, 3.8) is 0 Å². The zero-order valence-electron chi connectivity index (χ0n) is 12.7. The Bertz CT molecular complexity index is 657. The van der Waals surface area contributed by atoms with E-state index in [1.807, 2.05) is 47.8 Å². The number of aliphatic hydroxyl groups is 1. The van der Waals surface area contributed by atoms with Gasteiger partial charge in [0, 0.05) is 36.3 Å². The highest BCUT2D eigenvalue weighted by atomic mass is 16.5. The first kappa shape index (κ1) is 15.4. The molecule has 1 aromatic carbocycles. The van der Waals surface area contributed by atoms with Crippen LogP contribution in [0.1, 0.15) is 18.5 Å². The predicted molar refractivity (Wildman–Crippen MR) is 82.2 cm³/mol. The van der Waals surface area contributed by atoms with Crippen LogP contribution < -0.4 is 4.74 Å². The van der Waals surface area contributed by atoms with Gasteiger partial charge in [-0.1, -0.05) is 6.92 Å². The van der Waals surface area contributed by atoms with E-state index in [-0.39, 0.29) is 12.6 Å². The maximum absolute atomic E-state index is 9.59. The van der Waals surface area contributed by atoms with Crippen molar-refractivity contribution >= 4 is 10.9 Å². The monoisotopic (exact) mass is 287 g/mol. The number of aliphatic hydroxyl groups excluding tert-OH is 1. The number of likely N-dealkylation sites (N-methyl/N-ethyl adjacent to an activating group) is 1. The van der Waals surface area contributed by atoms with Gasteiger partial charge in [0.15, 0.2) is 0 Å². The van der Waals surface area contributed by atoms with Gasteiger partial charge in [-0.2, -0.15) is 5.26 Å². The van der Waals surface area contributed by atoms with Crippen LogP contribution in [0.2, 0.25) is 0 Å². The third-order valence-corrected chi connectivity index (χ3v) is 3.80. The summed E-state index contributed by atoms with van der Waals surface area (Å²) in [7, 11) is 3.60. The second kappa shape index (κ2) is 6.61. The van der Waals surface area contributed by atoms with E-state index in [0.29, 0.717) is 13.1 Å². The zero-order chi connectivity index (χ0) is 15.4. The van der Waals surface area contributed by atoms with Gasteiger partial charge in [0.25, 0.3) is 0 Å². The van der Waals surface area contributed by atoms with Crippen LogP contribution in [0.3, 0.4) is 0 Å². The van der Waals surface area contributed by atoms with Gasteiger partial charge in [0.1, 0.15) is 11.8 Å². The van der Waals surface area contributed by atoms with Crippen molar-refractivity contribution in [3.8, 4) is 11.8 Å². The van der Waals surface area contributed by atoms with E-state index in [1.54, 1.807) is 7.11 Å². The lowest BCUT2D eigenvalue weighted by Crippen LogP contribution is -2.30. The van der Waals surface area contributed by atoms with Crippen LogP contribution in [0.15, 0.2) is 24.4 Å². The predicted octanol–water partition coefficient (Wildman–Crippen LogP) is 2.07. The number of ether oxygens (including phenoxy) is 1. The van der Waals surface area contributed by atoms with E-state index < -0.39 is 0 Å². The van der Waals surface area contributed by atoms with Crippen LogP contribution >= 0.6 is 0 Å². The van der Waals surface area contributed by atoms with Gasteiger partial charge in [0.2, 0.25) is 0 Å². The number of benzene rings is 1. The van der Waals surface area contributed by atoms with Gasteiger partial charge >= 0.3 is 0 Å². The van der Waals surface area contributed by atoms with Gasteiger partial charge in [-0.25, -0.2) is 0 Å². The molecule has 5 heteroatoms. The van der Waals surface area contributed by atoms with Crippen LogP contribution in [0.25, 0.3) is 10.9 Å². The molecule has 21 heavy (non-hydrogen) atoms. The molecule has 0 aliphatic carbocycles. The topological polar surface area (TPSA) is 61.4 Å². The molecule has 1 aromatic heterocycles. The molecule has 0 amide bonds. The van der Waals surface area contributed by atoms with Crippen molar-refractivity contribution < 1.29 is 9.84 Å². The number of fused-ring (bicyclic) bond motifs is 1. The summed E-state index contributed by atoms with van der Waals surface area (Å²) in [6, 6.07) is 7.85. The van der Waals surface area contributed by atoms with Gasteiger partial charge in [0.05, 0.1) is 19.8 Å². The Morgan fingerprint density at radius 3 is 2.81 bits per heavy atom. The molecule has 1 unspecified atom stereocenters. The Morgan fingerprint density at radius 1 is 1.48 bits per heavy atom. The van der Waals surface area contributed by atoms with Gasteiger partial charge in [-0.3, -0.25) is 4.90 Å². The molecular weight excluding hydrogens is 266 g/mol. The molecule has 0 saturated heterocycles. The normalized spacial score (nSPS) is 12.6. The van der Waals surface area contributed by atoms with Gasteiger partial charge in [-0.05, 0) is 24.7 Å². The minimum Gasteiger partial charge on any atom is -0.497 e. The molecule has 0 aliphatic heterocycles. The van der Waals surface area contributed by atoms with Crippen molar-refractivity contribution in [2.45, 2.75) is 13.0 Å². The lowest BCUT2D eigenvalue weighted by molar-refractivity contribution is 0.181. The SMILES string of the molecule is CCN(CCO)C(C#N)c1cn(C)c2ccc(OC)cc12.